The van der Waals surface area contributed by atoms with Gasteiger partial charge in [0.2, 0.25) is 0 Å². The lowest BCUT2D eigenvalue weighted by Crippen LogP contribution is -2.05. The van der Waals surface area contributed by atoms with Gasteiger partial charge in [0.25, 0.3) is 0 Å². The van der Waals surface area contributed by atoms with E-state index in [9.17, 15) is 9.59 Å². The van der Waals surface area contributed by atoms with Crippen LogP contribution < -0.4 is 0 Å². The molecule has 172 valence electrons. The zero-order chi connectivity index (χ0) is 21.4. The van der Waals surface area contributed by atoms with E-state index in [1.54, 1.807) is 0 Å². The van der Waals surface area contributed by atoms with Crippen molar-refractivity contribution in [3.05, 3.63) is 0 Å². The first kappa shape index (κ1) is 27.9. The minimum Gasteiger partial charge on any atom is -0.466 e. The fourth-order valence-electron chi connectivity index (χ4n) is 3.35. The Morgan fingerprint density at radius 2 is 0.759 bits per heavy atom. The number of esters is 2. The van der Waals surface area contributed by atoms with Crippen LogP contribution in [0.5, 0.6) is 0 Å². The van der Waals surface area contributed by atoms with Crippen molar-refractivity contribution in [2.24, 2.45) is 0 Å². The van der Waals surface area contributed by atoms with Crippen LogP contribution in [0.3, 0.4) is 0 Å². The Balaban J connectivity index is 3.21. The molecule has 0 unspecified atom stereocenters. The van der Waals surface area contributed by atoms with Crippen LogP contribution in [0, 0.1) is 0 Å². The Bertz CT molecular complexity index is 334. The summed E-state index contributed by atoms with van der Waals surface area (Å²) in [5.74, 6) is -0.0537. The molecule has 0 aliphatic rings. The maximum atomic E-state index is 11.6. The summed E-state index contributed by atoms with van der Waals surface area (Å²) in [6.07, 6.45) is 20.6. The van der Waals surface area contributed by atoms with E-state index in [0.717, 1.165) is 51.4 Å². The molecule has 4 heteroatoms. The third-order valence-corrected chi connectivity index (χ3v) is 5.28. The van der Waals surface area contributed by atoms with E-state index >= 15 is 0 Å². The van der Waals surface area contributed by atoms with Gasteiger partial charge in [0.05, 0.1) is 13.2 Å². The molecule has 0 N–H and O–H groups in total. The lowest BCUT2D eigenvalue weighted by Gasteiger charge is -2.05. The highest BCUT2D eigenvalue weighted by Crippen LogP contribution is 2.12. The van der Waals surface area contributed by atoms with E-state index in [0.29, 0.717) is 26.1 Å². The highest BCUT2D eigenvalue weighted by Gasteiger charge is 2.03. The lowest BCUT2D eigenvalue weighted by atomic mass is 10.1. The molecule has 0 bridgehead atoms. The van der Waals surface area contributed by atoms with Crippen LogP contribution in [0.15, 0.2) is 0 Å². The van der Waals surface area contributed by atoms with Crippen molar-refractivity contribution in [2.45, 2.75) is 136 Å². The molecule has 0 aromatic rings. The van der Waals surface area contributed by atoms with E-state index in [4.69, 9.17) is 9.47 Å². The molecule has 0 saturated carbocycles. The average molecular weight is 413 g/mol. The SMILES string of the molecule is CCCCCCOC(=O)CCCCCCCCCCCC(=O)OCCCCCC. The molecule has 29 heavy (non-hydrogen) atoms. The smallest absolute Gasteiger partial charge is 0.305 e. The fraction of sp³-hybridized carbons (Fsp3) is 0.920. The first-order valence-electron chi connectivity index (χ1n) is 12.5. The molecule has 4 nitrogen and oxygen atoms in total. The predicted molar refractivity (Wildman–Crippen MR) is 121 cm³/mol. The van der Waals surface area contributed by atoms with Gasteiger partial charge in [0, 0.05) is 12.8 Å². The van der Waals surface area contributed by atoms with E-state index in [2.05, 4.69) is 13.8 Å². The van der Waals surface area contributed by atoms with Crippen LogP contribution in [0.2, 0.25) is 0 Å². The van der Waals surface area contributed by atoms with Crippen LogP contribution >= 0.6 is 0 Å². The zero-order valence-corrected chi connectivity index (χ0v) is 19.5. The number of carbonyl (C=O) groups is 2. The molecule has 0 aromatic carbocycles. The topological polar surface area (TPSA) is 52.6 Å². The number of unbranched alkanes of at least 4 members (excludes halogenated alkanes) is 14. The summed E-state index contributed by atoms with van der Waals surface area (Å²) in [5, 5.41) is 0. The van der Waals surface area contributed by atoms with Gasteiger partial charge >= 0.3 is 11.9 Å². The summed E-state index contributed by atoms with van der Waals surface area (Å²) in [6.45, 7) is 5.55. The quantitative estimate of drug-likeness (QED) is 0.136. The second-order valence-corrected chi connectivity index (χ2v) is 8.24. The Morgan fingerprint density at radius 1 is 0.448 bits per heavy atom. The Kier molecular flexibility index (Phi) is 22.4. The van der Waals surface area contributed by atoms with E-state index in [1.807, 2.05) is 0 Å². The van der Waals surface area contributed by atoms with E-state index < -0.39 is 0 Å². The molecule has 0 saturated heterocycles. The third-order valence-electron chi connectivity index (χ3n) is 5.28. The average Bonchev–Trinajstić information content (AvgIpc) is 2.71. The second kappa shape index (κ2) is 23.2. The van der Waals surface area contributed by atoms with Crippen LogP contribution in [0.25, 0.3) is 0 Å². The molecule has 0 aromatic heterocycles. The largest absolute Gasteiger partial charge is 0.466 e. The number of rotatable bonds is 22. The molecule has 0 rings (SSSR count). The summed E-state index contributed by atoms with van der Waals surface area (Å²) >= 11 is 0. The van der Waals surface area contributed by atoms with Gasteiger partial charge < -0.3 is 9.47 Å². The van der Waals surface area contributed by atoms with Crippen molar-refractivity contribution in [1.29, 1.82) is 0 Å². The standard InChI is InChI=1S/C25H48O4/c1-3-5-7-18-22-28-24(26)20-16-14-12-10-9-11-13-15-17-21-25(27)29-23-19-8-6-4-2/h3-23H2,1-2H3. The van der Waals surface area contributed by atoms with Gasteiger partial charge in [-0.15, -0.1) is 0 Å². The molecular formula is C25H48O4. The maximum absolute atomic E-state index is 11.6. The Hall–Kier alpha value is -1.06. The van der Waals surface area contributed by atoms with Gasteiger partial charge in [-0.05, 0) is 25.7 Å². The molecule has 0 atom stereocenters. The minimum atomic E-state index is -0.0269. The van der Waals surface area contributed by atoms with Gasteiger partial charge in [-0.1, -0.05) is 97.3 Å². The van der Waals surface area contributed by atoms with Crippen molar-refractivity contribution in [3.8, 4) is 0 Å². The molecule has 0 fully saturated rings. The first-order valence-corrected chi connectivity index (χ1v) is 12.5. The van der Waals surface area contributed by atoms with Crippen molar-refractivity contribution in [3.63, 3.8) is 0 Å². The zero-order valence-electron chi connectivity index (χ0n) is 19.5. The van der Waals surface area contributed by atoms with Gasteiger partial charge in [-0.3, -0.25) is 9.59 Å². The van der Waals surface area contributed by atoms with E-state index in [1.165, 1.54) is 57.8 Å². The summed E-state index contributed by atoms with van der Waals surface area (Å²) in [7, 11) is 0. The lowest BCUT2D eigenvalue weighted by molar-refractivity contribution is -0.144. The molecule has 0 spiro atoms. The number of carbonyl (C=O) groups excluding carboxylic acids is 2. The number of hydrogen-bond acceptors (Lipinski definition) is 4. The normalized spacial score (nSPS) is 10.8. The highest BCUT2D eigenvalue weighted by molar-refractivity contribution is 5.69. The Morgan fingerprint density at radius 3 is 1.10 bits per heavy atom. The van der Waals surface area contributed by atoms with Crippen LogP contribution in [0.1, 0.15) is 136 Å². The van der Waals surface area contributed by atoms with Crippen molar-refractivity contribution in [1.82, 2.24) is 0 Å². The maximum Gasteiger partial charge on any atom is 0.305 e. The van der Waals surface area contributed by atoms with Gasteiger partial charge in [0.1, 0.15) is 0 Å². The summed E-state index contributed by atoms with van der Waals surface area (Å²) < 4.78 is 10.5. The van der Waals surface area contributed by atoms with Crippen LogP contribution in [-0.2, 0) is 19.1 Å². The van der Waals surface area contributed by atoms with E-state index in [-0.39, 0.29) is 11.9 Å². The molecule has 0 aliphatic heterocycles. The number of ether oxygens (including phenoxy) is 2. The van der Waals surface area contributed by atoms with Gasteiger partial charge in [-0.2, -0.15) is 0 Å². The summed E-state index contributed by atoms with van der Waals surface area (Å²) in [4.78, 5) is 23.2. The van der Waals surface area contributed by atoms with Crippen LogP contribution in [0.4, 0.5) is 0 Å². The molecule has 0 radical (unpaired) electrons. The van der Waals surface area contributed by atoms with Gasteiger partial charge in [-0.25, -0.2) is 0 Å². The highest BCUT2D eigenvalue weighted by atomic mass is 16.5. The molecule has 0 amide bonds. The second-order valence-electron chi connectivity index (χ2n) is 8.24. The fourth-order valence-corrected chi connectivity index (χ4v) is 3.35. The minimum absolute atomic E-state index is 0.0269. The third kappa shape index (κ3) is 23.1. The first-order chi connectivity index (χ1) is 14.2. The summed E-state index contributed by atoms with van der Waals surface area (Å²) in [6, 6.07) is 0. The van der Waals surface area contributed by atoms with Crippen molar-refractivity contribution in [2.75, 3.05) is 13.2 Å². The monoisotopic (exact) mass is 412 g/mol. The summed E-state index contributed by atoms with van der Waals surface area (Å²) in [5.41, 5.74) is 0. The Labute approximate surface area is 180 Å². The predicted octanol–water partition coefficient (Wildman–Crippen LogP) is 7.52. The van der Waals surface area contributed by atoms with Crippen molar-refractivity contribution >= 4 is 11.9 Å². The molecule has 0 aliphatic carbocycles. The number of hydrogen-bond donors (Lipinski definition) is 0. The van der Waals surface area contributed by atoms with Crippen molar-refractivity contribution < 1.29 is 19.1 Å². The van der Waals surface area contributed by atoms with Crippen LogP contribution in [-0.4, -0.2) is 25.2 Å². The molecule has 0 heterocycles. The van der Waals surface area contributed by atoms with Gasteiger partial charge in [0.15, 0.2) is 0 Å². The molecular weight excluding hydrogens is 364 g/mol.